The highest BCUT2D eigenvalue weighted by Gasteiger charge is 2.23. The number of ether oxygens (including phenoxy) is 2. The molecule has 0 bridgehead atoms. The molecule has 0 fully saturated rings. The van der Waals surface area contributed by atoms with Crippen molar-refractivity contribution in [1.29, 1.82) is 0 Å². The Morgan fingerprint density at radius 2 is 2.39 bits per heavy atom. The van der Waals surface area contributed by atoms with Gasteiger partial charge in [0.05, 0.1) is 7.11 Å². The highest BCUT2D eigenvalue weighted by atomic mass is 16.5. The van der Waals surface area contributed by atoms with Crippen LogP contribution in [0.3, 0.4) is 0 Å². The molecule has 1 heterocycles. The molecule has 0 saturated heterocycles. The Kier molecular flexibility index (Phi) is 3.43. The third-order valence-corrected chi connectivity index (χ3v) is 3.06. The van der Waals surface area contributed by atoms with Crippen molar-refractivity contribution < 1.29 is 19.4 Å². The smallest absolute Gasteiger partial charge is 0.320 e. The van der Waals surface area contributed by atoms with Gasteiger partial charge in [-0.3, -0.25) is 4.79 Å². The van der Waals surface area contributed by atoms with Crippen molar-refractivity contribution in [2.24, 2.45) is 5.73 Å². The van der Waals surface area contributed by atoms with E-state index in [0.29, 0.717) is 5.75 Å². The fraction of sp³-hybridized carbons (Fsp3) is 0.462. The normalized spacial score (nSPS) is 18.9. The lowest BCUT2D eigenvalue weighted by atomic mass is 10.0. The zero-order valence-electron chi connectivity index (χ0n) is 10.5. The molecule has 0 spiro atoms. The van der Waals surface area contributed by atoms with Crippen LogP contribution < -0.4 is 15.2 Å². The Balaban J connectivity index is 2.30. The SMILES string of the molecule is COc1cc2c(cc1C[C@H](N)C(=O)O)OC(C)C2. The summed E-state index contributed by atoms with van der Waals surface area (Å²) < 4.78 is 10.9. The van der Waals surface area contributed by atoms with Gasteiger partial charge in [-0.05, 0) is 24.6 Å². The van der Waals surface area contributed by atoms with Crippen LogP contribution >= 0.6 is 0 Å². The Hall–Kier alpha value is -1.75. The Labute approximate surface area is 106 Å². The summed E-state index contributed by atoms with van der Waals surface area (Å²) in [6.45, 7) is 2.00. The fourth-order valence-electron chi connectivity index (χ4n) is 2.16. The van der Waals surface area contributed by atoms with E-state index >= 15 is 0 Å². The lowest BCUT2D eigenvalue weighted by molar-refractivity contribution is -0.138. The van der Waals surface area contributed by atoms with E-state index in [4.69, 9.17) is 20.3 Å². The molecular weight excluding hydrogens is 234 g/mol. The van der Waals surface area contributed by atoms with Gasteiger partial charge in [-0.2, -0.15) is 0 Å². The van der Waals surface area contributed by atoms with Crippen molar-refractivity contribution in [3.05, 3.63) is 23.3 Å². The number of aliphatic carboxylic acids is 1. The number of methoxy groups -OCH3 is 1. The maximum Gasteiger partial charge on any atom is 0.320 e. The first kappa shape index (κ1) is 12.7. The highest BCUT2D eigenvalue weighted by Crippen LogP contribution is 2.35. The summed E-state index contributed by atoms with van der Waals surface area (Å²) in [5.41, 5.74) is 7.40. The number of benzene rings is 1. The van der Waals surface area contributed by atoms with Gasteiger partial charge in [0.1, 0.15) is 23.6 Å². The summed E-state index contributed by atoms with van der Waals surface area (Å²) in [5, 5.41) is 8.85. The third kappa shape index (κ3) is 2.41. The van der Waals surface area contributed by atoms with E-state index < -0.39 is 12.0 Å². The second-order valence-electron chi connectivity index (χ2n) is 4.55. The molecule has 5 nitrogen and oxygen atoms in total. The molecule has 0 aromatic heterocycles. The van der Waals surface area contributed by atoms with E-state index in [0.717, 1.165) is 23.3 Å². The minimum atomic E-state index is -1.02. The monoisotopic (exact) mass is 251 g/mol. The molecule has 1 unspecified atom stereocenters. The molecule has 5 heteroatoms. The van der Waals surface area contributed by atoms with Gasteiger partial charge in [0.15, 0.2) is 0 Å². The van der Waals surface area contributed by atoms with E-state index in [1.54, 1.807) is 7.11 Å². The van der Waals surface area contributed by atoms with Gasteiger partial charge >= 0.3 is 5.97 Å². The largest absolute Gasteiger partial charge is 0.496 e. The molecule has 0 radical (unpaired) electrons. The van der Waals surface area contributed by atoms with Gasteiger partial charge in [0, 0.05) is 18.4 Å². The van der Waals surface area contributed by atoms with Gasteiger partial charge in [0.2, 0.25) is 0 Å². The van der Waals surface area contributed by atoms with Crippen LogP contribution in [0.15, 0.2) is 12.1 Å². The molecule has 1 aromatic carbocycles. The van der Waals surface area contributed by atoms with Crippen LogP contribution in [-0.4, -0.2) is 30.3 Å². The maximum atomic E-state index is 10.8. The van der Waals surface area contributed by atoms with Crippen LogP contribution in [0.1, 0.15) is 18.1 Å². The van der Waals surface area contributed by atoms with Crippen LogP contribution in [0.5, 0.6) is 11.5 Å². The number of carboxylic acids is 1. The van der Waals surface area contributed by atoms with Gasteiger partial charge in [0.25, 0.3) is 0 Å². The average molecular weight is 251 g/mol. The number of nitrogens with two attached hydrogens (primary N) is 1. The fourth-order valence-corrected chi connectivity index (χ4v) is 2.16. The van der Waals surface area contributed by atoms with Gasteiger partial charge < -0.3 is 20.3 Å². The van der Waals surface area contributed by atoms with Crippen LogP contribution in [0.25, 0.3) is 0 Å². The van der Waals surface area contributed by atoms with Crippen molar-refractivity contribution in [2.45, 2.75) is 31.9 Å². The molecule has 0 amide bonds. The van der Waals surface area contributed by atoms with E-state index in [2.05, 4.69) is 0 Å². The minimum Gasteiger partial charge on any atom is -0.496 e. The van der Waals surface area contributed by atoms with Crippen LogP contribution in [-0.2, 0) is 17.6 Å². The standard InChI is InChI=1S/C13H17NO4/c1-7-3-8-5-11(17-2)9(6-12(8)18-7)4-10(14)13(15)16/h5-7,10H,3-4,14H2,1-2H3,(H,15,16)/t7?,10-/m0/s1. The molecule has 18 heavy (non-hydrogen) atoms. The molecule has 3 N–H and O–H groups in total. The summed E-state index contributed by atoms with van der Waals surface area (Å²) in [5.74, 6) is 0.450. The predicted molar refractivity (Wildman–Crippen MR) is 66.1 cm³/mol. The maximum absolute atomic E-state index is 10.8. The zero-order chi connectivity index (χ0) is 13.3. The predicted octanol–water partition coefficient (Wildman–Crippen LogP) is 0.973. The number of fused-ring (bicyclic) bond motifs is 1. The van der Waals surface area contributed by atoms with E-state index in [9.17, 15) is 4.79 Å². The van der Waals surface area contributed by atoms with Crippen molar-refractivity contribution in [3.63, 3.8) is 0 Å². The number of hydrogen-bond donors (Lipinski definition) is 2. The molecule has 1 aliphatic rings. The minimum absolute atomic E-state index is 0.146. The molecule has 2 atom stereocenters. The molecule has 2 rings (SSSR count). The van der Waals surface area contributed by atoms with Gasteiger partial charge in [-0.15, -0.1) is 0 Å². The number of hydrogen-bond acceptors (Lipinski definition) is 4. The Bertz CT molecular complexity index is 472. The summed E-state index contributed by atoms with van der Waals surface area (Å²) in [6.07, 6.45) is 1.22. The highest BCUT2D eigenvalue weighted by molar-refractivity contribution is 5.73. The quantitative estimate of drug-likeness (QED) is 0.833. The van der Waals surface area contributed by atoms with Crippen LogP contribution in [0.2, 0.25) is 0 Å². The van der Waals surface area contributed by atoms with Crippen LogP contribution in [0.4, 0.5) is 0 Å². The average Bonchev–Trinajstić information content (AvgIpc) is 2.66. The summed E-state index contributed by atoms with van der Waals surface area (Å²) >= 11 is 0. The lowest BCUT2D eigenvalue weighted by Gasteiger charge is -2.13. The Morgan fingerprint density at radius 1 is 1.67 bits per heavy atom. The zero-order valence-corrected chi connectivity index (χ0v) is 10.5. The van der Waals surface area contributed by atoms with E-state index in [-0.39, 0.29) is 12.5 Å². The topological polar surface area (TPSA) is 81.8 Å². The van der Waals surface area contributed by atoms with Crippen molar-refractivity contribution in [1.82, 2.24) is 0 Å². The molecule has 0 aliphatic carbocycles. The van der Waals surface area contributed by atoms with Crippen molar-refractivity contribution in [3.8, 4) is 11.5 Å². The molecule has 98 valence electrons. The molecule has 1 aromatic rings. The first-order valence-corrected chi connectivity index (χ1v) is 5.86. The first-order chi connectivity index (χ1) is 8.51. The summed E-state index contributed by atoms with van der Waals surface area (Å²) in [7, 11) is 1.57. The van der Waals surface area contributed by atoms with Crippen molar-refractivity contribution in [2.75, 3.05) is 7.11 Å². The van der Waals surface area contributed by atoms with Gasteiger partial charge in [-0.25, -0.2) is 0 Å². The molecule has 1 aliphatic heterocycles. The van der Waals surface area contributed by atoms with Crippen molar-refractivity contribution >= 4 is 5.97 Å². The van der Waals surface area contributed by atoms with E-state index in [1.807, 2.05) is 19.1 Å². The molecular formula is C13H17NO4. The van der Waals surface area contributed by atoms with E-state index in [1.165, 1.54) is 0 Å². The summed E-state index contributed by atoms with van der Waals surface area (Å²) in [6, 6.07) is 2.80. The Morgan fingerprint density at radius 3 is 3.00 bits per heavy atom. The third-order valence-electron chi connectivity index (χ3n) is 3.06. The second kappa shape index (κ2) is 4.86. The number of carbonyl (C=O) groups is 1. The number of rotatable bonds is 4. The summed E-state index contributed by atoms with van der Waals surface area (Å²) in [4.78, 5) is 10.8. The van der Waals surface area contributed by atoms with Gasteiger partial charge in [-0.1, -0.05) is 0 Å². The second-order valence-corrected chi connectivity index (χ2v) is 4.55. The van der Waals surface area contributed by atoms with Crippen LogP contribution in [0, 0.1) is 0 Å². The molecule has 0 saturated carbocycles. The number of carboxylic acid groups (broad SMARTS) is 1. The first-order valence-electron chi connectivity index (χ1n) is 5.86. The lowest BCUT2D eigenvalue weighted by Crippen LogP contribution is -2.32.